The summed E-state index contributed by atoms with van der Waals surface area (Å²) in [5.41, 5.74) is -0.186. The van der Waals surface area contributed by atoms with Gasteiger partial charge in [0.2, 0.25) is 10.0 Å². The van der Waals surface area contributed by atoms with Crippen LogP contribution in [0.3, 0.4) is 0 Å². The Hall–Kier alpha value is -4.73. The minimum absolute atomic E-state index is 0.00686. The van der Waals surface area contributed by atoms with E-state index in [1.807, 2.05) is 12.1 Å². The van der Waals surface area contributed by atoms with Gasteiger partial charge in [0.05, 0.1) is 29.3 Å². The third-order valence-corrected chi connectivity index (χ3v) is 10.5. The van der Waals surface area contributed by atoms with E-state index in [9.17, 15) is 31.6 Å². The van der Waals surface area contributed by atoms with E-state index >= 15 is 4.39 Å². The van der Waals surface area contributed by atoms with Crippen LogP contribution in [0.5, 0.6) is 0 Å². The molecule has 12 heteroatoms. The lowest BCUT2D eigenvalue weighted by Crippen LogP contribution is -2.40. The van der Waals surface area contributed by atoms with E-state index < -0.39 is 56.2 Å². The molecule has 1 aliphatic carbocycles. The van der Waals surface area contributed by atoms with Crippen molar-refractivity contribution in [3.8, 4) is 6.07 Å². The Bertz CT molecular complexity index is 1890. The molecule has 0 N–H and O–H groups in total. The van der Waals surface area contributed by atoms with Crippen molar-refractivity contribution in [3.05, 3.63) is 125 Å². The number of fused-ring (bicyclic) bond motifs is 1. The van der Waals surface area contributed by atoms with Crippen LogP contribution < -0.4 is 9.80 Å². The van der Waals surface area contributed by atoms with Crippen LogP contribution in [0.4, 0.5) is 33.7 Å². The summed E-state index contributed by atoms with van der Waals surface area (Å²) in [7, 11) is -4.37. The lowest BCUT2D eigenvalue weighted by atomic mass is 9.89. The molecule has 1 aliphatic heterocycles. The number of urea groups is 1. The van der Waals surface area contributed by atoms with Gasteiger partial charge in [-0.1, -0.05) is 73.5 Å². The van der Waals surface area contributed by atoms with E-state index in [-0.39, 0.29) is 24.5 Å². The molecule has 1 saturated carbocycles. The van der Waals surface area contributed by atoms with Gasteiger partial charge in [-0.2, -0.15) is 22.7 Å². The van der Waals surface area contributed by atoms with Crippen molar-refractivity contribution in [2.75, 3.05) is 9.80 Å². The van der Waals surface area contributed by atoms with Gasteiger partial charge < -0.3 is 0 Å². The summed E-state index contributed by atoms with van der Waals surface area (Å²) in [5, 5.41) is 9.24. The monoisotopic (exact) mass is 662 g/mol. The molecule has 242 valence electrons. The van der Waals surface area contributed by atoms with Crippen LogP contribution in [0.2, 0.25) is 0 Å². The summed E-state index contributed by atoms with van der Waals surface area (Å²) >= 11 is 0. The Kier molecular flexibility index (Phi) is 8.78. The number of anilines is 2. The van der Waals surface area contributed by atoms with E-state index in [2.05, 4.69) is 0 Å². The van der Waals surface area contributed by atoms with Crippen LogP contribution in [0.1, 0.15) is 47.9 Å². The number of carbonyl (C=O) groups excluding carboxylic acids is 1. The fourth-order valence-corrected chi connectivity index (χ4v) is 7.96. The Morgan fingerprint density at radius 1 is 0.787 bits per heavy atom. The Morgan fingerprint density at radius 3 is 1.79 bits per heavy atom. The van der Waals surface area contributed by atoms with Gasteiger partial charge in [0.15, 0.2) is 0 Å². The third kappa shape index (κ3) is 6.33. The molecule has 4 aromatic carbocycles. The normalized spacial score (nSPS) is 18.3. The highest BCUT2D eigenvalue weighted by Gasteiger charge is 2.49. The van der Waals surface area contributed by atoms with Gasteiger partial charge in [0, 0.05) is 24.5 Å². The van der Waals surface area contributed by atoms with Gasteiger partial charge >= 0.3 is 12.2 Å². The van der Waals surface area contributed by atoms with Crippen LogP contribution in [-0.4, -0.2) is 30.8 Å². The molecule has 0 radical (unpaired) electrons. The summed E-state index contributed by atoms with van der Waals surface area (Å²) in [6.45, 7) is -0.0137. The predicted octanol–water partition coefficient (Wildman–Crippen LogP) is 7.87. The Morgan fingerprint density at radius 2 is 1.30 bits per heavy atom. The Balaban J connectivity index is 1.35. The summed E-state index contributed by atoms with van der Waals surface area (Å²) in [4.78, 5) is 16.0. The zero-order valence-corrected chi connectivity index (χ0v) is 25.9. The second kappa shape index (κ2) is 12.8. The number of alkyl halides is 3. The van der Waals surface area contributed by atoms with E-state index in [4.69, 9.17) is 0 Å². The number of benzene rings is 4. The number of halogens is 4. The second-order valence-electron chi connectivity index (χ2n) is 11.6. The van der Waals surface area contributed by atoms with Gasteiger partial charge in [-0.05, 0) is 60.4 Å². The number of carbonyl (C=O) groups is 1. The fourth-order valence-electron chi connectivity index (χ4n) is 6.50. The molecule has 0 spiro atoms. The van der Waals surface area contributed by atoms with Crippen LogP contribution in [-0.2, 0) is 29.3 Å². The molecule has 0 bridgehead atoms. The van der Waals surface area contributed by atoms with E-state index in [0.717, 1.165) is 37.1 Å². The summed E-state index contributed by atoms with van der Waals surface area (Å²) in [6, 6.07) is 24.5. The van der Waals surface area contributed by atoms with Crippen LogP contribution in [0.25, 0.3) is 0 Å². The summed E-state index contributed by atoms with van der Waals surface area (Å²) in [6.07, 6.45) is -2.28. The number of amides is 2. The number of nitrogens with zero attached hydrogens (tertiary/aromatic N) is 4. The third-order valence-electron chi connectivity index (χ3n) is 8.69. The van der Waals surface area contributed by atoms with Gasteiger partial charge in [0.1, 0.15) is 10.7 Å². The first-order valence-electron chi connectivity index (χ1n) is 15.1. The molecule has 47 heavy (non-hydrogen) atoms. The molecular weight excluding hydrogens is 632 g/mol. The van der Waals surface area contributed by atoms with Crippen LogP contribution in [0, 0.1) is 17.1 Å². The Labute approximate surface area is 270 Å². The standard InChI is InChI=1S/C35H30F4N4O3S/c36-30-20-28(17-18-33(30)47(45,46)41(22-24-9-3-1-4-10-24)23-25-11-5-2-6-12-25)43-32-14-8-7-13-31(32)42(34(43)44)27-16-15-26(21-40)29(19-27)35(37,38)39/h1-6,9-12,15-20,31-32H,7-8,13-14,22-23H2/t31-,32-/m1/s1. The van der Waals surface area contributed by atoms with Crippen molar-refractivity contribution >= 4 is 27.4 Å². The molecule has 6 rings (SSSR count). The molecular formula is C35H30F4N4O3S. The van der Waals surface area contributed by atoms with Crippen molar-refractivity contribution in [2.45, 2.75) is 61.9 Å². The average molecular weight is 663 g/mol. The number of rotatable bonds is 8. The lowest BCUT2D eigenvalue weighted by Gasteiger charge is -2.32. The van der Waals surface area contributed by atoms with Crippen molar-refractivity contribution in [1.82, 2.24) is 4.31 Å². The van der Waals surface area contributed by atoms with E-state index in [1.165, 1.54) is 26.2 Å². The smallest absolute Gasteiger partial charge is 0.289 e. The molecule has 2 fully saturated rings. The highest BCUT2D eigenvalue weighted by atomic mass is 32.2. The molecule has 7 nitrogen and oxygen atoms in total. The molecule has 0 unspecified atom stereocenters. The summed E-state index contributed by atoms with van der Waals surface area (Å²) in [5.74, 6) is -1.05. The van der Waals surface area contributed by atoms with E-state index in [1.54, 1.807) is 54.6 Å². The summed E-state index contributed by atoms with van der Waals surface area (Å²) < 4.78 is 86.5. The molecule has 2 aliphatic rings. The SMILES string of the molecule is N#Cc1ccc(N2C(=O)N(c3ccc(S(=O)(=O)N(Cc4ccccc4)Cc4ccccc4)c(F)c3)[C@@H]3CCCC[C@H]32)cc1C(F)(F)F. The average Bonchev–Trinajstić information content (AvgIpc) is 3.36. The maximum absolute atomic E-state index is 16.0. The number of nitriles is 1. The molecule has 1 heterocycles. The first kappa shape index (κ1) is 32.2. The first-order valence-corrected chi connectivity index (χ1v) is 16.5. The van der Waals surface area contributed by atoms with Crippen molar-refractivity contribution in [1.29, 1.82) is 5.26 Å². The quantitative estimate of drug-likeness (QED) is 0.180. The van der Waals surface area contributed by atoms with Gasteiger partial charge in [-0.3, -0.25) is 9.80 Å². The minimum Gasteiger partial charge on any atom is -0.289 e. The maximum atomic E-state index is 16.0. The largest absolute Gasteiger partial charge is 0.417 e. The fraction of sp³-hybridized carbons (Fsp3) is 0.257. The van der Waals surface area contributed by atoms with E-state index in [0.29, 0.717) is 24.0 Å². The van der Waals surface area contributed by atoms with Crippen molar-refractivity contribution < 1.29 is 30.8 Å². The molecule has 2 amide bonds. The van der Waals surface area contributed by atoms with Gasteiger partial charge in [-0.15, -0.1) is 0 Å². The highest BCUT2D eigenvalue weighted by Crippen LogP contribution is 2.42. The number of sulfonamides is 1. The second-order valence-corrected chi connectivity index (χ2v) is 13.5. The molecule has 0 aromatic heterocycles. The first-order chi connectivity index (χ1) is 22.5. The van der Waals surface area contributed by atoms with Crippen LogP contribution in [0.15, 0.2) is 102 Å². The number of hydrogen-bond donors (Lipinski definition) is 0. The predicted molar refractivity (Wildman–Crippen MR) is 168 cm³/mol. The van der Waals surface area contributed by atoms with Gasteiger partial charge in [-0.25, -0.2) is 17.6 Å². The molecule has 2 atom stereocenters. The molecule has 1 saturated heterocycles. The molecule has 4 aromatic rings. The highest BCUT2D eigenvalue weighted by molar-refractivity contribution is 7.89. The number of hydrogen-bond acceptors (Lipinski definition) is 4. The maximum Gasteiger partial charge on any atom is 0.417 e. The topological polar surface area (TPSA) is 84.7 Å². The van der Waals surface area contributed by atoms with Crippen molar-refractivity contribution in [2.24, 2.45) is 0 Å². The van der Waals surface area contributed by atoms with Crippen molar-refractivity contribution in [3.63, 3.8) is 0 Å². The minimum atomic E-state index is -4.81. The lowest BCUT2D eigenvalue weighted by molar-refractivity contribution is -0.137. The van der Waals surface area contributed by atoms with Gasteiger partial charge in [0.25, 0.3) is 0 Å². The zero-order chi connectivity index (χ0) is 33.3. The zero-order valence-electron chi connectivity index (χ0n) is 25.1. The van der Waals surface area contributed by atoms with Crippen LogP contribution >= 0.6 is 0 Å².